The average Bonchev–Trinajstić information content (AvgIpc) is 3.02. The summed E-state index contributed by atoms with van der Waals surface area (Å²) in [5, 5.41) is 25.4. The van der Waals surface area contributed by atoms with Crippen molar-refractivity contribution in [3.8, 4) is 0 Å². The van der Waals surface area contributed by atoms with Crippen molar-refractivity contribution in [3.05, 3.63) is 18.3 Å². The Labute approximate surface area is 139 Å². The van der Waals surface area contributed by atoms with Gasteiger partial charge in [-0.3, -0.25) is 5.32 Å². The lowest BCUT2D eigenvalue weighted by Gasteiger charge is -2.27. The van der Waals surface area contributed by atoms with Gasteiger partial charge >= 0.3 is 0 Å². The first kappa shape index (κ1) is 15.2. The number of fused-ring (bicyclic) bond motifs is 3. The van der Waals surface area contributed by atoms with Crippen LogP contribution in [0.2, 0.25) is 0 Å². The second-order valence-electron chi connectivity index (χ2n) is 6.54. The highest BCUT2D eigenvalue weighted by molar-refractivity contribution is 6.01. The van der Waals surface area contributed by atoms with E-state index >= 15 is 0 Å². The summed E-state index contributed by atoms with van der Waals surface area (Å²) in [6, 6.07) is 4.33. The zero-order valence-electron chi connectivity index (χ0n) is 13.8. The van der Waals surface area contributed by atoms with Gasteiger partial charge in [0.1, 0.15) is 22.8 Å². The molecular weight excluding hydrogens is 306 g/mol. The second kappa shape index (κ2) is 5.95. The fraction of sp³-hybridized carbons (Fsp3) is 0.500. The van der Waals surface area contributed by atoms with Gasteiger partial charge in [0.25, 0.3) is 0 Å². The summed E-state index contributed by atoms with van der Waals surface area (Å²) in [5.41, 5.74) is 2.63. The molecule has 8 nitrogen and oxygen atoms in total. The standard InChI is InChI=1S/C16H21N7O/c1-9(2)23-15-12(21-22-23)5-3-10-7-18-16(20-14(10)15)19-11-4-6-13(24)17-8-11/h3,5,7,9,11,13,17,24H,4,6,8H2,1-2H3,(H,18,19,20). The summed E-state index contributed by atoms with van der Waals surface area (Å²) in [6.45, 7) is 4.84. The SMILES string of the molecule is CC(C)n1nnc2ccc3cnc(NC4CCC(O)NC4)nc3c21. The van der Waals surface area contributed by atoms with Crippen LogP contribution >= 0.6 is 0 Å². The third kappa shape index (κ3) is 2.67. The monoisotopic (exact) mass is 327 g/mol. The van der Waals surface area contributed by atoms with E-state index in [0.29, 0.717) is 12.5 Å². The van der Waals surface area contributed by atoms with Gasteiger partial charge < -0.3 is 10.4 Å². The van der Waals surface area contributed by atoms with Crippen LogP contribution in [0.15, 0.2) is 18.3 Å². The van der Waals surface area contributed by atoms with Crippen molar-refractivity contribution in [2.75, 3.05) is 11.9 Å². The molecule has 2 aromatic heterocycles. The van der Waals surface area contributed by atoms with Crippen molar-refractivity contribution in [1.82, 2.24) is 30.3 Å². The first-order valence-electron chi connectivity index (χ1n) is 8.30. The molecule has 1 aromatic carbocycles. The predicted octanol–water partition coefficient (Wildman–Crippen LogP) is 1.44. The van der Waals surface area contributed by atoms with E-state index in [-0.39, 0.29) is 12.1 Å². The lowest BCUT2D eigenvalue weighted by Crippen LogP contribution is -2.44. The molecule has 0 bridgehead atoms. The fourth-order valence-electron chi connectivity index (χ4n) is 3.10. The molecule has 0 spiro atoms. The number of nitrogens with zero attached hydrogens (tertiary/aromatic N) is 5. The number of benzene rings is 1. The molecule has 1 fully saturated rings. The van der Waals surface area contributed by atoms with Crippen LogP contribution in [0.5, 0.6) is 0 Å². The van der Waals surface area contributed by atoms with E-state index in [1.165, 1.54) is 0 Å². The zero-order chi connectivity index (χ0) is 16.7. The van der Waals surface area contributed by atoms with Crippen LogP contribution in [0.25, 0.3) is 21.9 Å². The Morgan fingerprint density at radius 1 is 1.33 bits per heavy atom. The Balaban J connectivity index is 1.73. The number of aliphatic hydroxyl groups is 1. The van der Waals surface area contributed by atoms with Gasteiger partial charge in [-0.05, 0) is 38.8 Å². The highest BCUT2D eigenvalue weighted by Crippen LogP contribution is 2.25. The summed E-state index contributed by atoms with van der Waals surface area (Å²) < 4.78 is 1.90. The van der Waals surface area contributed by atoms with Crippen molar-refractivity contribution in [2.24, 2.45) is 0 Å². The van der Waals surface area contributed by atoms with Crippen LogP contribution in [0.4, 0.5) is 5.95 Å². The highest BCUT2D eigenvalue weighted by atomic mass is 16.3. The van der Waals surface area contributed by atoms with Gasteiger partial charge in [-0.15, -0.1) is 5.10 Å². The summed E-state index contributed by atoms with van der Waals surface area (Å²) in [7, 11) is 0. The summed E-state index contributed by atoms with van der Waals surface area (Å²) in [5.74, 6) is 0.592. The summed E-state index contributed by atoms with van der Waals surface area (Å²) >= 11 is 0. The Bertz CT molecular complexity index is 867. The molecule has 1 aliphatic heterocycles. The number of piperidine rings is 1. The lowest BCUT2D eigenvalue weighted by molar-refractivity contribution is 0.104. The Morgan fingerprint density at radius 3 is 2.96 bits per heavy atom. The molecule has 126 valence electrons. The number of rotatable bonds is 3. The first-order chi connectivity index (χ1) is 11.6. The Kier molecular flexibility index (Phi) is 3.78. The maximum atomic E-state index is 9.52. The zero-order valence-corrected chi connectivity index (χ0v) is 13.8. The van der Waals surface area contributed by atoms with Crippen LogP contribution in [-0.2, 0) is 0 Å². The van der Waals surface area contributed by atoms with E-state index in [4.69, 9.17) is 4.98 Å². The topological polar surface area (TPSA) is 101 Å². The molecule has 2 unspecified atom stereocenters. The first-order valence-corrected chi connectivity index (χ1v) is 8.30. The molecule has 3 N–H and O–H groups in total. The normalized spacial score (nSPS) is 21.7. The van der Waals surface area contributed by atoms with Crippen molar-refractivity contribution in [3.63, 3.8) is 0 Å². The summed E-state index contributed by atoms with van der Waals surface area (Å²) in [4.78, 5) is 9.14. The van der Waals surface area contributed by atoms with Crippen molar-refractivity contribution in [2.45, 2.75) is 45.0 Å². The number of aliphatic hydroxyl groups excluding tert-OH is 1. The van der Waals surface area contributed by atoms with E-state index in [2.05, 4.69) is 39.8 Å². The number of hydrogen-bond acceptors (Lipinski definition) is 7. The van der Waals surface area contributed by atoms with Crippen LogP contribution in [-0.4, -0.2) is 48.9 Å². The van der Waals surface area contributed by atoms with Gasteiger partial charge in [0.15, 0.2) is 0 Å². The third-order valence-corrected chi connectivity index (χ3v) is 4.39. The van der Waals surface area contributed by atoms with Crippen molar-refractivity contribution >= 4 is 27.9 Å². The average molecular weight is 327 g/mol. The molecule has 0 radical (unpaired) electrons. The quantitative estimate of drug-likeness (QED) is 0.669. The molecule has 0 saturated carbocycles. The molecular formula is C16H21N7O. The molecule has 1 aliphatic rings. The van der Waals surface area contributed by atoms with E-state index in [9.17, 15) is 5.11 Å². The molecule has 4 rings (SSSR count). The molecule has 3 aromatic rings. The molecule has 1 saturated heterocycles. The number of aromatic nitrogens is 5. The van der Waals surface area contributed by atoms with Crippen LogP contribution < -0.4 is 10.6 Å². The number of nitrogens with one attached hydrogen (secondary N) is 2. The van der Waals surface area contributed by atoms with Gasteiger partial charge in [-0.25, -0.2) is 14.6 Å². The van der Waals surface area contributed by atoms with Gasteiger partial charge in [0, 0.05) is 30.2 Å². The van der Waals surface area contributed by atoms with E-state index in [0.717, 1.165) is 34.8 Å². The van der Waals surface area contributed by atoms with Crippen molar-refractivity contribution < 1.29 is 5.11 Å². The third-order valence-electron chi connectivity index (χ3n) is 4.39. The van der Waals surface area contributed by atoms with Crippen molar-refractivity contribution in [1.29, 1.82) is 0 Å². The van der Waals surface area contributed by atoms with E-state index in [1.807, 2.05) is 23.0 Å². The maximum Gasteiger partial charge on any atom is 0.223 e. The van der Waals surface area contributed by atoms with Gasteiger partial charge in [0.05, 0.1) is 0 Å². The van der Waals surface area contributed by atoms with E-state index in [1.54, 1.807) is 0 Å². The summed E-state index contributed by atoms with van der Waals surface area (Å²) in [6.07, 6.45) is 3.02. The number of anilines is 1. The second-order valence-corrected chi connectivity index (χ2v) is 6.54. The van der Waals surface area contributed by atoms with Crippen LogP contribution in [0, 0.1) is 0 Å². The largest absolute Gasteiger partial charge is 0.379 e. The van der Waals surface area contributed by atoms with Gasteiger partial charge in [0.2, 0.25) is 5.95 Å². The fourth-order valence-corrected chi connectivity index (χ4v) is 3.10. The molecule has 2 atom stereocenters. The molecule has 0 aliphatic carbocycles. The Hall–Kier alpha value is -2.32. The molecule has 8 heteroatoms. The lowest BCUT2D eigenvalue weighted by atomic mass is 10.1. The number of hydrogen-bond donors (Lipinski definition) is 3. The minimum absolute atomic E-state index is 0.205. The maximum absolute atomic E-state index is 9.52. The Morgan fingerprint density at radius 2 is 2.21 bits per heavy atom. The predicted molar refractivity (Wildman–Crippen MR) is 91.7 cm³/mol. The molecule has 3 heterocycles. The van der Waals surface area contributed by atoms with Crippen LogP contribution in [0.3, 0.4) is 0 Å². The van der Waals surface area contributed by atoms with E-state index < -0.39 is 6.23 Å². The molecule has 24 heavy (non-hydrogen) atoms. The highest BCUT2D eigenvalue weighted by Gasteiger charge is 2.19. The minimum atomic E-state index is -0.410. The van der Waals surface area contributed by atoms with Gasteiger partial charge in [-0.1, -0.05) is 5.21 Å². The van der Waals surface area contributed by atoms with Gasteiger partial charge in [-0.2, -0.15) is 0 Å². The minimum Gasteiger partial charge on any atom is -0.379 e. The molecule has 0 amide bonds. The van der Waals surface area contributed by atoms with Crippen LogP contribution in [0.1, 0.15) is 32.7 Å². The smallest absolute Gasteiger partial charge is 0.223 e.